The number of likely N-dealkylation sites (tertiary alicyclic amines) is 1. The van der Waals surface area contributed by atoms with E-state index in [4.69, 9.17) is 0 Å². The van der Waals surface area contributed by atoms with E-state index in [0.29, 0.717) is 36.3 Å². The fraction of sp³-hybridized carbons (Fsp3) is 0.407. The van der Waals surface area contributed by atoms with Crippen molar-refractivity contribution in [1.29, 1.82) is 0 Å². The molecule has 5 nitrogen and oxygen atoms in total. The standard InChI is InChI=1S/C25H24F7N3O2.C2H6/c1-15-11-16(3-5-20(15)26)4-6-21(36)34-23(7-9-35(2)10-8-23)22(37)33-19-13-17(24(27,28)29)12-18(14-19)25(30,31)32;1-2/h3-6,11-14H,7-10H2,1-2H3,(H,33,37)(H,34,36);1-2H3/b6-4+;. The zero-order chi connectivity index (χ0) is 29.6. The maximum absolute atomic E-state index is 13.5. The lowest BCUT2D eigenvalue weighted by molar-refractivity contribution is -0.143. The summed E-state index contributed by atoms with van der Waals surface area (Å²) in [7, 11) is 1.77. The molecule has 1 fully saturated rings. The minimum atomic E-state index is -5.08. The molecule has 2 N–H and O–H groups in total. The Labute approximate surface area is 222 Å². The SMILES string of the molecule is CC.Cc1cc(/C=C/C(=O)NC2(C(=O)Nc3cc(C(F)(F)F)cc(C(F)(F)F)c3)CCN(C)CC2)ccc1F. The molecule has 0 aromatic heterocycles. The van der Waals surface area contributed by atoms with Gasteiger partial charge >= 0.3 is 12.4 Å². The molecule has 1 saturated heterocycles. The second-order valence-electron chi connectivity index (χ2n) is 8.97. The lowest BCUT2D eigenvalue weighted by Crippen LogP contribution is -2.61. The Hall–Kier alpha value is -3.41. The van der Waals surface area contributed by atoms with Crippen molar-refractivity contribution in [2.24, 2.45) is 0 Å². The lowest BCUT2D eigenvalue weighted by Gasteiger charge is -2.39. The summed E-state index contributed by atoms with van der Waals surface area (Å²) in [6, 6.07) is 4.95. The summed E-state index contributed by atoms with van der Waals surface area (Å²) in [6.45, 7) is 6.22. The van der Waals surface area contributed by atoms with Crippen molar-refractivity contribution in [3.8, 4) is 0 Å². The van der Waals surface area contributed by atoms with Crippen molar-refractivity contribution in [2.75, 3.05) is 25.5 Å². The van der Waals surface area contributed by atoms with Gasteiger partial charge in [0.15, 0.2) is 0 Å². The Morgan fingerprint density at radius 2 is 1.46 bits per heavy atom. The van der Waals surface area contributed by atoms with E-state index >= 15 is 0 Å². The highest BCUT2D eigenvalue weighted by molar-refractivity contribution is 6.03. The molecule has 0 atom stereocenters. The van der Waals surface area contributed by atoms with Gasteiger partial charge in [-0.2, -0.15) is 26.3 Å². The molecule has 0 saturated carbocycles. The largest absolute Gasteiger partial charge is 0.416 e. The second kappa shape index (κ2) is 12.6. The van der Waals surface area contributed by atoms with Gasteiger partial charge in [0.05, 0.1) is 11.1 Å². The van der Waals surface area contributed by atoms with Crippen LogP contribution in [0.15, 0.2) is 42.5 Å². The molecule has 0 spiro atoms. The third-order valence-electron chi connectivity index (χ3n) is 6.09. The van der Waals surface area contributed by atoms with Crippen molar-refractivity contribution >= 4 is 23.6 Å². The van der Waals surface area contributed by atoms with Crippen LogP contribution in [0.3, 0.4) is 0 Å². The van der Waals surface area contributed by atoms with E-state index in [0.717, 1.165) is 6.08 Å². The third-order valence-corrected chi connectivity index (χ3v) is 6.09. The number of benzene rings is 2. The van der Waals surface area contributed by atoms with Crippen molar-refractivity contribution in [2.45, 2.75) is 51.5 Å². The molecule has 1 heterocycles. The number of amides is 2. The van der Waals surface area contributed by atoms with Gasteiger partial charge in [-0.25, -0.2) is 4.39 Å². The van der Waals surface area contributed by atoms with Gasteiger partial charge in [0, 0.05) is 24.9 Å². The number of rotatable bonds is 5. The number of halogens is 7. The number of piperidine rings is 1. The highest BCUT2D eigenvalue weighted by atomic mass is 19.4. The van der Waals surface area contributed by atoms with Crippen molar-refractivity contribution in [1.82, 2.24) is 10.2 Å². The second-order valence-corrected chi connectivity index (χ2v) is 8.97. The summed E-state index contributed by atoms with van der Waals surface area (Å²) >= 11 is 0. The van der Waals surface area contributed by atoms with Crippen LogP contribution in [0.25, 0.3) is 6.08 Å². The first-order chi connectivity index (χ1) is 18.1. The predicted molar refractivity (Wildman–Crippen MR) is 134 cm³/mol. The van der Waals surface area contributed by atoms with Crippen LogP contribution in [0.4, 0.5) is 36.4 Å². The van der Waals surface area contributed by atoms with E-state index < -0.39 is 52.3 Å². The quantitative estimate of drug-likeness (QED) is 0.327. The molecule has 0 unspecified atom stereocenters. The maximum Gasteiger partial charge on any atom is 0.416 e. The average Bonchev–Trinajstić information content (AvgIpc) is 2.86. The number of hydrogen-bond acceptors (Lipinski definition) is 3. The van der Waals surface area contributed by atoms with E-state index in [-0.39, 0.29) is 18.9 Å². The first kappa shape index (κ1) is 31.8. The molecule has 2 amide bonds. The molecule has 1 aliphatic rings. The van der Waals surface area contributed by atoms with Crippen LogP contribution in [-0.4, -0.2) is 42.4 Å². The summed E-state index contributed by atoms with van der Waals surface area (Å²) in [5, 5.41) is 4.72. The van der Waals surface area contributed by atoms with E-state index in [1.165, 1.54) is 24.3 Å². The number of nitrogens with one attached hydrogen (secondary N) is 2. The maximum atomic E-state index is 13.5. The van der Waals surface area contributed by atoms with Crippen LogP contribution in [0.2, 0.25) is 0 Å². The fourth-order valence-corrected chi connectivity index (χ4v) is 3.91. The summed E-state index contributed by atoms with van der Waals surface area (Å²) in [6.07, 6.45) is -7.52. The Morgan fingerprint density at radius 3 is 1.95 bits per heavy atom. The monoisotopic (exact) mass is 561 g/mol. The lowest BCUT2D eigenvalue weighted by atomic mass is 9.86. The van der Waals surface area contributed by atoms with Crippen LogP contribution in [0.1, 0.15) is 48.9 Å². The summed E-state index contributed by atoms with van der Waals surface area (Å²) in [4.78, 5) is 27.8. The van der Waals surface area contributed by atoms with Crippen LogP contribution in [0, 0.1) is 12.7 Å². The predicted octanol–water partition coefficient (Wildman–Crippen LogP) is 6.43. The van der Waals surface area contributed by atoms with E-state index in [9.17, 15) is 40.3 Å². The average molecular weight is 562 g/mol. The van der Waals surface area contributed by atoms with E-state index in [1.807, 2.05) is 18.7 Å². The zero-order valence-corrected chi connectivity index (χ0v) is 21.9. The molecule has 0 aliphatic carbocycles. The zero-order valence-electron chi connectivity index (χ0n) is 21.9. The van der Waals surface area contributed by atoms with Crippen LogP contribution in [-0.2, 0) is 21.9 Å². The van der Waals surface area contributed by atoms with Gasteiger partial charge in [0.2, 0.25) is 11.8 Å². The van der Waals surface area contributed by atoms with E-state index in [1.54, 1.807) is 14.0 Å². The van der Waals surface area contributed by atoms with Gasteiger partial charge < -0.3 is 15.5 Å². The molecule has 214 valence electrons. The van der Waals surface area contributed by atoms with Gasteiger partial charge in [-0.1, -0.05) is 19.9 Å². The van der Waals surface area contributed by atoms with Gasteiger partial charge in [0.25, 0.3) is 0 Å². The third kappa shape index (κ3) is 8.54. The smallest absolute Gasteiger partial charge is 0.338 e. The number of carbonyl (C=O) groups is 2. The number of anilines is 1. The van der Waals surface area contributed by atoms with Gasteiger partial charge in [-0.05, 0) is 74.3 Å². The van der Waals surface area contributed by atoms with Gasteiger partial charge in [-0.3, -0.25) is 9.59 Å². The fourth-order valence-electron chi connectivity index (χ4n) is 3.91. The molecule has 3 rings (SSSR count). The van der Waals surface area contributed by atoms with Crippen molar-refractivity contribution < 1.29 is 40.3 Å². The molecular weight excluding hydrogens is 531 g/mol. The van der Waals surface area contributed by atoms with Gasteiger partial charge in [-0.15, -0.1) is 0 Å². The van der Waals surface area contributed by atoms with Crippen LogP contribution in [0.5, 0.6) is 0 Å². The number of carbonyl (C=O) groups excluding carboxylic acids is 2. The molecular formula is C27H30F7N3O2. The molecule has 12 heteroatoms. The Kier molecular flexibility index (Phi) is 10.3. The van der Waals surface area contributed by atoms with E-state index in [2.05, 4.69) is 10.6 Å². The highest BCUT2D eigenvalue weighted by Crippen LogP contribution is 2.38. The molecule has 0 bridgehead atoms. The number of hydrogen-bond donors (Lipinski definition) is 2. The first-order valence-corrected chi connectivity index (χ1v) is 12.1. The number of nitrogens with zero attached hydrogens (tertiary/aromatic N) is 1. The molecule has 2 aromatic rings. The minimum absolute atomic E-state index is 0.0370. The summed E-state index contributed by atoms with van der Waals surface area (Å²) in [5.41, 5.74) is -4.56. The first-order valence-electron chi connectivity index (χ1n) is 12.1. The van der Waals surface area contributed by atoms with Crippen LogP contribution >= 0.6 is 0 Å². The highest BCUT2D eigenvalue weighted by Gasteiger charge is 2.43. The minimum Gasteiger partial charge on any atom is -0.338 e. The van der Waals surface area contributed by atoms with Crippen molar-refractivity contribution in [3.63, 3.8) is 0 Å². The number of aryl methyl sites for hydroxylation is 1. The Bertz CT molecular complexity index is 1170. The molecule has 1 aliphatic heterocycles. The topological polar surface area (TPSA) is 61.4 Å². The summed E-state index contributed by atoms with van der Waals surface area (Å²) in [5.74, 6) is -2.07. The van der Waals surface area contributed by atoms with Crippen molar-refractivity contribution in [3.05, 3.63) is 70.5 Å². The Balaban J connectivity index is 0.00000260. The summed E-state index contributed by atoms with van der Waals surface area (Å²) < 4.78 is 92.8. The van der Waals surface area contributed by atoms with Gasteiger partial charge in [0.1, 0.15) is 11.4 Å². The molecule has 39 heavy (non-hydrogen) atoms. The normalized spacial score (nSPS) is 15.9. The Morgan fingerprint density at radius 1 is 0.923 bits per heavy atom. The molecule has 2 aromatic carbocycles. The van der Waals surface area contributed by atoms with Crippen LogP contribution < -0.4 is 10.6 Å². The number of alkyl halides is 6. The molecule has 0 radical (unpaired) electrons.